The van der Waals surface area contributed by atoms with E-state index in [0.717, 1.165) is 39.5 Å². The first-order chi connectivity index (χ1) is 19.6. The molecular weight excluding hydrogens is 566 g/mol. The van der Waals surface area contributed by atoms with E-state index in [2.05, 4.69) is 9.71 Å². The molecular formula is C30H32ClN3O6S. The average Bonchev–Trinajstić information content (AvgIpc) is 3.30. The van der Waals surface area contributed by atoms with Crippen LogP contribution in [0.5, 0.6) is 11.5 Å². The molecule has 0 bridgehead atoms. The number of benzene rings is 3. The van der Waals surface area contributed by atoms with Crippen molar-refractivity contribution in [1.29, 1.82) is 0 Å². The summed E-state index contributed by atoms with van der Waals surface area (Å²) in [5.74, 6) is 1.07. The molecule has 1 aromatic heterocycles. The van der Waals surface area contributed by atoms with Gasteiger partial charge in [0.1, 0.15) is 17.5 Å². The number of H-pyrrole nitrogens is 1. The minimum absolute atomic E-state index is 0.0740. The second kappa shape index (κ2) is 12.1. The van der Waals surface area contributed by atoms with E-state index in [1.807, 2.05) is 61.5 Å². The second-order valence-electron chi connectivity index (χ2n) is 10.2. The van der Waals surface area contributed by atoms with Crippen molar-refractivity contribution in [1.82, 2.24) is 14.6 Å². The Bertz CT molecular complexity index is 1640. The topological polar surface area (TPSA) is 121 Å². The smallest absolute Gasteiger partial charge is 0.416 e. The maximum absolute atomic E-state index is 13.5. The molecule has 0 aliphatic carbocycles. The van der Waals surface area contributed by atoms with Gasteiger partial charge in [-0.05, 0) is 66.9 Å². The van der Waals surface area contributed by atoms with Gasteiger partial charge in [0, 0.05) is 41.1 Å². The Balaban J connectivity index is 1.37. The molecule has 5 rings (SSSR count). The van der Waals surface area contributed by atoms with Crippen molar-refractivity contribution in [3.8, 4) is 11.5 Å². The number of carbonyl (C=O) groups is 1. The Labute approximate surface area is 244 Å². The predicted molar refractivity (Wildman–Crippen MR) is 158 cm³/mol. The van der Waals surface area contributed by atoms with E-state index in [0.29, 0.717) is 29.5 Å². The first-order valence-electron chi connectivity index (χ1n) is 13.3. The molecule has 1 aliphatic rings. The largest absolute Gasteiger partial charge is 0.493 e. The molecule has 0 saturated heterocycles. The zero-order valence-electron chi connectivity index (χ0n) is 22.8. The number of aliphatic hydroxyl groups excluding tert-OH is 1. The number of aliphatic hydroxyl groups is 1. The number of nitrogens with one attached hydrogen (secondary N) is 2. The minimum atomic E-state index is -3.37. The molecule has 2 unspecified atom stereocenters. The number of fused-ring (bicyclic) bond motifs is 3. The van der Waals surface area contributed by atoms with Crippen LogP contribution >= 0.6 is 11.6 Å². The number of rotatable bonds is 9. The Kier molecular flexibility index (Phi) is 8.55. The van der Waals surface area contributed by atoms with Gasteiger partial charge in [0.25, 0.3) is 0 Å². The SMILES string of the molecule is Cc1ccc(OC(=O)N2CCc3c([nH]c4ccc(Cl)cc34)C2c2ccc(OCCC(O)CNS(C)(=O)=O)cc2)cc1. The molecule has 0 radical (unpaired) electrons. The molecule has 216 valence electrons. The molecule has 2 heterocycles. The van der Waals surface area contributed by atoms with E-state index in [1.165, 1.54) is 0 Å². The number of amides is 1. The van der Waals surface area contributed by atoms with Gasteiger partial charge in [-0.2, -0.15) is 0 Å². The third-order valence-electron chi connectivity index (χ3n) is 7.05. The number of nitrogens with zero attached hydrogens (tertiary/aromatic N) is 1. The van der Waals surface area contributed by atoms with Gasteiger partial charge in [0.05, 0.1) is 19.0 Å². The Hall–Kier alpha value is -3.57. The predicted octanol–water partition coefficient (Wildman–Crippen LogP) is 4.96. The highest BCUT2D eigenvalue weighted by atomic mass is 35.5. The van der Waals surface area contributed by atoms with Crippen LogP contribution in [-0.2, 0) is 16.4 Å². The van der Waals surface area contributed by atoms with Gasteiger partial charge in [-0.3, -0.25) is 4.90 Å². The number of aromatic amines is 1. The van der Waals surface area contributed by atoms with Crippen molar-refractivity contribution in [2.24, 2.45) is 0 Å². The Morgan fingerprint density at radius 1 is 1.12 bits per heavy atom. The number of halogens is 1. The van der Waals surface area contributed by atoms with Crippen LogP contribution in [-0.4, -0.2) is 61.6 Å². The second-order valence-corrected chi connectivity index (χ2v) is 12.5. The van der Waals surface area contributed by atoms with Crippen LogP contribution in [0.25, 0.3) is 10.9 Å². The lowest BCUT2D eigenvalue weighted by molar-refractivity contribution is 0.135. The van der Waals surface area contributed by atoms with E-state index in [4.69, 9.17) is 21.1 Å². The third kappa shape index (κ3) is 7.02. The summed E-state index contributed by atoms with van der Waals surface area (Å²) in [6.07, 6.45) is 0.632. The number of aromatic nitrogens is 1. The van der Waals surface area contributed by atoms with Gasteiger partial charge in [-0.1, -0.05) is 41.4 Å². The number of hydrogen-bond acceptors (Lipinski definition) is 6. The van der Waals surface area contributed by atoms with Crippen molar-refractivity contribution in [2.45, 2.75) is 31.9 Å². The van der Waals surface area contributed by atoms with Gasteiger partial charge in [-0.25, -0.2) is 17.9 Å². The van der Waals surface area contributed by atoms with Crippen LogP contribution in [0.3, 0.4) is 0 Å². The van der Waals surface area contributed by atoms with Crippen LogP contribution < -0.4 is 14.2 Å². The fourth-order valence-electron chi connectivity index (χ4n) is 4.98. The summed E-state index contributed by atoms with van der Waals surface area (Å²) >= 11 is 6.31. The molecule has 41 heavy (non-hydrogen) atoms. The molecule has 0 spiro atoms. The van der Waals surface area contributed by atoms with Crippen LogP contribution in [0.1, 0.15) is 34.8 Å². The van der Waals surface area contributed by atoms with E-state index in [9.17, 15) is 18.3 Å². The number of sulfonamides is 1. The molecule has 4 aromatic rings. The number of hydrogen-bond donors (Lipinski definition) is 3. The Morgan fingerprint density at radius 2 is 1.83 bits per heavy atom. The highest BCUT2D eigenvalue weighted by Crippen LogP contribution is 2.40. The minimum Gasteiger partial charge on any atom is -0.493 e. The molecule has 2 atom stereocenters. The standard InChI is InChI=1S/C30H32ClN3O6S/c1-19-3-8-24(9-4-19)40-30(36)34-15-13-25-26-17-21(31)7-12-27(26)33-28(25)29(34)20-5-10-23(11-6-20)39-16-14-22(35)18-32-41(2,37)38/h3-12,17,22,29,32-33,35H,13-16,18H2,1-2H3. The number of ether oxygens (including phenoxy) is 2. The molecule has 3 N–H and O–H groups in total. The molecule has 9 nitrogen and oxygen atoms in total. The third-order valence-corrected chi connectivity index (χ3v) is 7.97. The van der Waals surface area contributed by atoms with Gasteiger partial charge in [-0.15, -0.1) is 0 Å². The summed E-state index contributed by atoms with van der Waals surface area (Å²) in [7, 11) is -3.37. The molecule has 3 aromatic carbocycles. The van der Waals surface area contributed by atoms with E-state index in [1.54, 1.807) is 17.0 Å². The first-order valence-corrected chi connectivity index (χ1v) is 15.5. The van der Waals surface area contributed by atoms with Crippen molar-refractivity contribution < 1.29 is 27.8 Å². The normalized spacial score (nSPS) is 15.9. The van der Waals surface area contributed by atoms with Crippen molar-refractivity contribution in [2.75, 3.05) is 26.0 Å². The van der Waals surface area contributed by atoms with Crippen LogP contribution in [0, 0.1) is 6.92 Å². The van der Waals surface area contributed by atoms with Crippen LogP contribution in [0.4, 0.5) is 4.79 Å². The van der Waals surface area contributed by atoms with E-state index >= 15 is 0 Å². The van der Waals surface area contributed by atoms with Crippen LogP contribution in [0.2, 0.25) is 5.02 Å². The highest BCUT2D eigenvalue weighted by Gasteiger charge is 2.35. The summed E-state index contributed by atoms with van der Waals surface area (Å²) in [6, 6.07) is 20.1. The summed E-state index contributed by atoms with van der Waals surface area (Å²) in [5.41, 5.74) is 4.91. The zero-order valence-corrected chi connectivity index (χ0v) is 24.3. The van der Waals surface area contributed by atoms with Crippen molar-refractivity contribution >= 4 is 38.6 Å². The monoisotopic (exact) mass is 597 g/mol. The highest BCUT2D eigenvalue weighted by molar-refractivity contribution is 7.88. The molecule has 0 saturated carbocycles. The van der Waals surface area contributed by atoms with Crippen molar-refractivity contribution in [3.63, 3.8) is 0 Å². The van der Waals surface area contributed by atoms with Crippen LogP contribution in [0.15, 0.2) is 66.7 Å². The zero-order chi connectivity index (χ0) is 29.1. The summed E-state index contributed by atoms with van der Waals surface area (Å²) in [5, 5.41) is 11.7. The van der Waals surface area contributed by atoms with Crippen molar-refractivity contribution in [3.05, 3.63) is 94.1 Å². The fourth-order valence-corrected chi connectivity index (χ4v) is 5.65. The quantitative estimate of drug-likeness (QED) is 0.251. The lowest BCUT2D eigenvalue weighted by Gasteiger charge is -2.35. The van der Waals surface area contributed by atoms with Gasteiger partial charge in [0.15, 0.2) is 0 Å². The lowest BCUT2D eigenvalue weighted by atomic mass is 9.92. The van der Waals surface area contributed by atoms with E-state index < -0.39 is 28.3 Å². The maximum atomic E-state index is 13.5. The van der Waals surface area contributed by atoms with Gasteiger partial charge in [0.2, 0.25) is 10.0 Å². The van der Waals surface area contributed by atoms with E-state index in [-0.39, 0.29) is 19.6 Å². The molecule has 1 amide bonds. The first kappa shape index (κ1) is 28.9. The average molecular weight is 598 g/mol. The summed E-state index contributed by atoms with van der Waals surface area (Å²) in [6.45, 7) is 2.56. The summed E-state index contributed by atoms with van der Waals surface area (Å²) in [4.78, 5) is 18.7. The number of aryl methyl sites for hydroxylation is 1. The maximum Gasteiger partial charge on any atom is 0.416 e. The Morgan fingerprint density at radius 3 is 2.54 bits per heavy atom. The molecule has 11 heteroatoms. The van der Waals surface area contributed by atoms with Gasteiger partial charge < -0.3 is 19.6 Å². The van der Waals surface area contributed by atoms with Gasteiger partial charge >= 0.3 is 6.09 Å². The summed E-state index contributed by atoms with van der Waals surface area (Å²) < 4.78 is 36.3. The fraction of sp³-hybridized carbons (Fsp3) is 0.300. The molecule has 1 aliphatic heterocycles. The lowest BCUT2D eigenvalue weighted by Crippen LogP contribution is -2.42. The number of carbonyl (C=O) groups excluding carboxylic acids is 1. The molecule has 0 fully saturated rings.